The van der Waals surface area contributed by atoms with E-state index in [2.05, 4.69) is 15.3 Å². The third-order valence-corrected chi connectivity index (χ3v) is 4.01. The molecule has 104 valence electrons. The molecule has 1 unspecified atom stereocenters. The van der Waals surface area contributed by atoms with Gasteiger partial charge in [0.15, 0.2) is 0 Å². The van der Waals surface area contributed by atoms with E-state index in [-0.39, 0.29) is 6.04 Å². The predicted molar refractivity (Wildman–Crippen MR) is 77.4 cm³/mol. The largest absolute Gasteiger partial charge is 0.467 e. The van der Waals surface area contributed by atoms with E-state index < -0.39 is 0 Å². The van der Waals surface area contributed by atoms with Gasteiger partial charge in [0, 0.05) is 37.1 Å². The molecular formula is C14H16N4OS. The molecule has 5 nitrogen and oxygen atoms in total. The molecule has 0 saturated carbocycles. The number of nitrogens with one attached hydrogen (secondary N) is 1. The third kappa shape index (κ3) is 2.66. The van der Waals surface area contributed by atoms with E-state index in [1.807, 2.05) is 43.1 Å². The number of hydrogen-bond acceptors (Lipinski definition) is 5. The first-order valence-electron chi connectivity index (χ1n) is 6.39. The summed E-state index contributed by atoms with van der Waals surface area (Å²) in [6, 6.07) is 3.79. The van der Waals surface area contributed by atoms with Crippen LogP contribution in [0.2, 0.25) is 0 Å². The van der Waals surface area contributed by atoms with Gasteiger partial charge in [0.05, 0.1) is 11.3 Å². The Morgan fingerprint density at radius 1 is 1.45 bits per heavy atom. The molecule has 0 aliphatic heterocycles. The zero-order chi connectivity index (χ0) is 13.9. The van der Waals surface area contributed by atoms with Crippen molar-refractivity contribution >= 4 is 11.3 Å². The normalized spacial score (nSPS) is 12.7. The Morgan fingerprint density at radius 2 is 2.35 bits per heavy atom. The number of aryl methyl sites for hydroxylation is 2. The highest BCUT2D eigenvalue weighted by molar-refractivity contribution is 7.11. The van der Waals surface area contributed by atoms with Crippen LogP contribution in [0.15, 0.2) is 41.4 Å². The van der Waals surface area contributed by atoms with Gasteiger partial charge in [-0.3, -0.25) is 5.32 Å². The Morgan fingerprint density at radius 3 is 2.95 bits per heavy atom. The molecule has 0 spiro atoms. The molecular weight excluding hydrogens is 272 g/mol. The van der Waals surface area contributed by atoms with Gasteiger partial charge in [-0.15, -0.1) is 11.3 Å². The van der Waals surface area contributed by atoms with Crippen LogP contribution in [-0.2, 0) is 13.6 Å². The maximum atomic E-state index is 5.54. The zero-order valence-electron chi connectivity index (χ0n) is 11.4. The van der Waals surface area contributed by atoms with E-state index in [9.17, 15) is 0 Å². The van der Waals surface area contributed by atoms with Crippen molar-refractivity contribution in [1.29, 1.82) is 0 Å². The number of rotatable bonds is 5. The predicted octanol–water partition coefficient (Wildman–Crippen LogP) is 2.66. The van der Waals surface area contributed by atoms with Crippen LogP contribution in [-0.4, -0.2) is 14.5 Å². The second kappa shape index (κ2) is 5.60. The van der Waals surface area contributed by atoms with E-state index in [4.69, 9.17) is 4.42 Å². The summed E-state index contributed by atoms with van der Waals surface area (Å²) in [5, 5.41) is 4.57. The van der Waals surface area contributed by atoms with Crippen molar-refractivity contribution in [3.63, 3.8) is 0 Å². The van der Waals surface area contributed by atoms with Gasteiger partial charge in [-0.05, 0) is 19.1 Å². The Balaban J connectivity index is 1.81. The summed E-state index contributed by atoms with van der Waals surface area (Å²) in [5.41, 5.74) is 0. The maximum absolute atomic E-state index is 5.54. The number of nitrogens with zero attached hydrogens (tertiary/aromatic N) is 3. The topological polar surface area (TPSA) is 55.9 Å². The van der Waals surface area contributed by atoms with Crippen molar-refractivity contribution in [3.8, 4) is 0 Å². The minimum atomic E-state index is -0.0626. The third-order valence-electron chi connectivity index (χ3n) is 3.09. The molecule has 3 aromatic rings. The van der Waals surface area contributed by atoms with Gasteiger partial charge in [-0.2, -0.15) is 0 Å². The van der Waals surface area contributed by atoms with Gasteiger partial charge < -0.3 is 8.98 Å². The zero-order valence-corrected chi connectivity index (χ0v) is 12.2. The average Bonchev–Trinajstić information content (AvgIpc) is 3.14. The van der Waals surface area contributed by atoms with Crippen molar-refractivity contribution < 1.29 is 4.42 Å². The minimum absolute atomic E-state index is 0.0626. The summed E-state index contributed by atoms with van der Waals surface area (Å²) in [4.78, 5) is 9.89. The smallest absolute Gasteiger partial charge is 0.133 e. The summed E-state index contributed by atoms with van der Waals surface area (Å²) >= 11 is 1.70. The quantitative estimate of drug-likeness (QED) is 0.784. The molecule has 3 heterocycles. The molecule has 0 aromatic carbocycles. The van der Waals surface area contributed by atoms with Crippen molar-refractivity contribution in [3.05, 3.63) is 58.5 Å². The molecule has 3 rings (SSSR count). The monoisotopic (exact) mass is 288 g/mol. The van der Waals surface area contributed by atoms with E-state index >= 15 is 0 Å². The second-order valence-electron chi connectivity index (χ2n) is 4.57. The molecule has 20 heavy (non-hydrogen) atoms. The molecule has 3 aromatic heterocycles. The summed E-state index contributed by atoms with van der Waals surface area (Å²) < 4.78 is 7.54. The Labute approximate surface area is 121 Å². The lowest BCUT2D eigenvalue weighted by atomic mass is 10.2. The standard InChI is InChI=1S/C14H16N4OS/c1-10-16-8-11(20-10)9-17-13(12-4-3-7-19-12)14-15-5-6-18(14)2/h3-8,13,17H,9H2,1-2H3. The molecule has 0 aliphatic rings. The number of hydrogen-bond donors (Lipinski definition) is 1. The molecule has 0 amide bonds. The van der Waals surface area contributed by atoms with Crippen molar-refractivity contribution in [1.82, 2.24) is 19.9 Å². The highest BCUT2D eigenvalue weighted by Gasteiger charge is 2.20. The fourth-order valence-electron chi connectivity index (χ4n) is 2.12. The minimum Gasteiger partial charge on any atom is -0.467 e. The van der Waals surface area contributed by atoms with Crippen LogP contribution in [0.3, 0.4) is 0 Å². The summed E-state index contributed by atoms with van der Waals surface area (Å²) in [6.45, 7) is 2.75. The van der Waals surface area contributed by atoms with Crippen molar-refractivity contribution in [2.75, 3.05) is 0 Å². The summed E-state index contributed by atoms with van der Waals surface area (Å²) in [6.07, 6.45) is 7.32. The fraction of sp³-hybridized carbons (Fsp3) is 0.286. The second-order valence-corrected chi connectivity index (χ2v) is 5.89. The number of furan rings is 1. The first-order chi connectivity index (χ1) is 9.74. The Hall–Kier alpha value is -1.92. The molecule has 0 radical (unpaired) electrons. The van der Waals surface area contributed by atoms with Crippen LogP contribution in [0.4, 0.5) is 0 Å². The average molecular weight is 288 g/mol. The molecule has 0 fully saturated rings. The molecule has 0 saturated heterocycles. The van der Waals surface area contributed by atoms with Gasteiger partial charge in [-0.1, -0.05) is 0 Å². The van der Waals surface area contributed by atoms with Crippen LogP contribution < -0.4 is 5.32 Å². The SMILES string of the molecule is Cc1ncc(CNC(c2ccco2)c2nccn2C)s1. The molecule has 6 heteroatoms. The molecule has 0 aliphatic carbocycles. The number of imidazole rings is 1. The van der Waals surface area contributed by atoms with Crippen LogP contribution in [0.5, 0.6) is 0 Å². The molecule has 1 atom stereocenters. The fourth-order valence-corrected chi connectivity index (χ4v) is 2.87. The van der Waals surface area contributed by atoms with E-state index in [0.717, 1.165) is 23.1 Å². The first-order valence-corrected chi connectivity index (χ1v) is 7.21. The van der Waals surface area contributed by atoms with Crippen LogP contribution in [0, 0.1) is 6.92 Å². The lowest BCUT2D eigenvalue weighted by Crippen LogP contribution is -2.24. The number of aromatic nitrogens is 3. The van der Waals surface area contributed by atoms with Gasteiger partial charge in [-0.25, -0.2) is 9.97 Å². The first kappa shape index (κ1) is 13.1. The van der Waals surface area contributed by atoms with E-state index in [1.165, 1.54) is 4.88 Å². The van der Waals surface area contributed by atoms with Crippen LogP contribution >= 0.6 is 11.3 Å². The molecule has 1 N–H and O–H groups in total. The van der Waals surface area contributed by atoms with E-state index in [0.29, 0.717) is 0 Å². The highest BCUT2D eigenvalue weighted by atomic mass is 32.1. The summed E-state index contributed by atoms with van der Waals surface area (Å²) in [5.74, 6) is 1.79. The Bertz CT molecular complexity index is 671. The lowest BCUT2D eigenvalue weighted by molar-refractivity contribution is 0.430. The lowest BCUT2D eigenvalue weighted by Gasteiger charge is -2.15. The maximum Gasteiger partial charge on any atom is 0.133 e. The molecule has 0 bridgehead atoms. The highest BCUT2D eigenvalue weighted by Crippen LogP contribution is 2.22. The van der Waals surface area contributed by atoms with Gasteiger partial charge in [0.2, 0.25) is 0 Å². The number of thiazole rings is 1. The Kier molecular flexibility index (Phi) is 3.66. The summed E-state index contributed by atoms with van der Waals surface area (Å²) in [7, 11) is 1.98. The van der Waals surface area contributed by atoms with Crippen molar-refractivity contribution in [2.45, 2.75) is 19.5 Å². The van der Waals surface area contributed by atoms with Gasteiger partial charge in [0.1, 0.15) is 17.6 Å². The van der Waals surface area contributed by atoms with Crippen molar-refractivity contribution in [2.24, 2.45) is 7.05 Å². The van der Waals surface area contributed by atoms with Crippen LogP contribution in [0.1, 0.15) is 27.5 Å². The van der Waals surface area contributed by atoms with Gasteiger partial charge in [0.25, 0.3) is 0 Å². The van der Waals surface area contributed by atoms with Gasteiger partial charge >= 0.3 is 0 Å². The van der Waals surface area contributed by atoms with E-state index in [1.54, 1.807) is 23.8 Å². The van der Waals surface area contributed by atoms with Crippen LogP contribution in [0.25, 0.3) is 0 Å².